The summed E-state index contributed by atoms with van der Waals surface area (Å²) >= 11 is 0. The maximum absolute atomic E-state index is 12.8. The Labute approximate surface area is 154 Å². The zero-order valence-corrected chi connectivity index (χ0v) is 15.4. The number of hydrogen-bond donors (Lipinski definition) is 0. The predicted molar refractivity (Wildman–Crippen MR) is 101 cm³/mol. The zero-order chi connectivity index (χ0) is 19.1. The molecule has 0 bridgehead atoms. The van der Waals surface area contributed by atoms with Gasteiger partial charge < -0.3 is 9.80 Å². The van der Waals surface area contributed by atoms with E-state index < -0.39 is 11.7 Å². The maximum atomic E-state index is 12.8. The lowest BCUT2D eigenvalue weighted by atomic mass is 10.1. The molecule has 0 heterocycles. The molecule has 0 saturated carbocycles. The lowest BCUT2D eigenvalue weighted by Crippen LogP contribution is -2.40. The number of nitrogens with zero attached hydrogens (tertiary/aromatic N) is 3. The third kappa shape index (κ3) is 5.27. The van der Waals surface area contributed by atoms with Crippen molar-refractivity contribution >= 4 is 11.7 Å². The highest BCUT2D eigenvalue weighted by Gasteiger charge is 2.23. The number of aryl methyl sites for hydroxylation is 1. The quantitative estimate of drug-likeness (QED) is 0.569. The molecular formula is C21H23N3O2. The molecule has 0 aliphatic heterocycles. The summed E-state index contributed by atoms with van der Waals surface area (Å²) in [7, 11) is 3.83. The van der Waals surface area contributed by atoms with Crippen LogP contribution in [0.1, 0.15) is 27.0 Å². The lowest BCUT2D eigenvalue weighted by molar-refractivity contribution is -0.127. The van der Waals surface area contributed by atoms with Crippen LogP contribution in [0.15, 0.2) is 48.5 Å². The van der Waals surface area contributed by atoms with E-state index in [0.29, 0.717) is 30.8 Å². The summed E-state index contributed by atoms with van der Waals surface area (Å²) in [5, 5.41) is 9.05. The minimum atomic E-state index is -0.530. The standard InChI is InChI=1S/C21H23N3O2/c1-16-7-9-19(10-8-16)20(25)21(26)24(12-11-23(2)3)15-18-6-4-5-17(13-18)14-22/h4-10,13H,11-12,15H2,1-3H3. The number of nitriles is 1. The normalized spacial score (nSPS) is 10.4. The third-order valence-corrected chi connectivity index (χ3v) is 4.04. The lowest BCUT2D eigenvalue weighted by Gasteiger charge is -2.24. The molecule has 134 valence electrons. The Kier molecular flexibility index (Phi) is 6.65. The summed E-state index contributed by atoms with van der Waals surface area (Å²) < 4.78 is 0. The highest BCUT2D eigenvalue weighted by molar-refractivity contribution is 6.42. The van der Waals surface area contributed by atoms with Gasteiger partial charge in [0.25, 0.3) is 5.91 Å². The number of amides is 1. The molecule has 1 amide bonds. The topological polar surface area (TPSA) is 64.4 Å². The van der Waals surface area contributed by atoms with Gasteiger partial charge in [0, 0.05) is 25.2 Å². The van der Waals surface area contributed by atoms with Crippen LogP contribution in [-0.2, 0) is 11.3 Å². The molecule has 26 heavy (non-hydrogen) atoms. The Morgan fingerprint density at radius 3 is 2.35 bits per heavy atom. The van der Waals surface area contributed by atoms with Gasteiger partial charge in [0.2, 0.25) is 5.78 Å². The number of likely N-dealkylation sites (N-methyl/N-ethyl adjacent to an activating group) is 1. The Bertz CT molecular complexity index is 820. The number of carbonyl (C=O) groups excluding carboxylic acids is 2. The molecule has 2 aromatic carbocycles. The second kappa shape index (κ2) is 8.93. The van der Waals surface area contributed by atoms with Crippen molar-refractivity contribution in [1.82, 2.24) is 9.80 Å². The summed E-state index contributed by atoms with van der Waals surface area (Å²) in [6.07, 6.45) is 0. The van der Waals surface area contributed by atoms with E-state index in [9.17, 15) is 9.59 Å². The first-order chi connectivity index (χ1) is 12.4. The largest absolute Gasteiger partial charge is 0.330 e. The van der Waals surface area contributed by atoms with Crippen molar-refractivity contribution in [2.45, 2.75) is 13.5 Å². The van der Waals surface area contributed by atoms with Gasteiger partial charge in [-0.2, -0.15) is 5.26 Å². The monoisotopic (exact) mass is 349 g/mol. The molecule has 2 aromatic rings. The first kappa shape index (κ1) is 19.4. The highest BCUT2D eigenvalue weighted by Crippen LogP contribution is 2.11. The molecule has 5 nitrogen and oxygen atoms in total. The van der Waals surface area contributed by atoms with Crippen LogP contribution in [0, 0.1) is 18.3 Å². The maximum Gasteiger partial charge on any atom is 0.295 e. The van der Waals surface area contributed by atoms with E-state index in [1.165, 1.54) is 0 Å². The molecular weight excluding hydrogens is 326 g/mol. The summed E-state index contributed by atoms with van der Waals surface area (Å²) in [6, 6.07) is 16.2. The molecule has 0 aromatic heterocycles. The zero-order valence-electron chi connectivity index (χ0n) is 15.4. The van der Waals surface area contributed by atoms with E-state index in [1.807, 2.05) is 44.1 Å². The summed E-state index contributed by atoms with van der Waals surface area (Å²) in [5.74, 6) is -1.04. The van der Waals surface area contributed by atoms with Crippen LogP contribution < -0.4 is 0 Å². The molecule has 0 saturated heterocycles. The fraction of sp³-hybridized carbons (Fsp3) is 0.286. The molecule has 0 aliphatic rings. The number of benzene rings is 2. The number of hydrogen-bond acceptors (Lipinski definition) is 4. The van der Waals surface area contributed by atoms with Gasteiger partial charge in [0.1, 0.15) is 0 Å². The molecule has 5 heteroatoms. The van der Waals surface area contributed by atoms with E-state index in [2.05, 4.69) is 6.07 Å². The molecule has 0 aliphatic carbocycles. The third-order valence-electron chi connectivity index (χ3n) is 4.04. The van der Waals surface area contributed by atoms with Crippen LogP contribution in [0.25, 0.3) is 0 Å². The van der Waals surface area contributed by atoms with Crippen molar-refractivity contribution in [3.8, 4) is 6.07 Å². The average molecular weight is 349 g/mol. The summed E-state index contributed by atoms with van der Waals surface area (Å²) in [6.45, 7) is 3.30. The Morgan fingerprint density at radius 1 is 1.04 bits per heavy atom. The second-order valence-electron chi connectivity index (χ2n) is 6.54. The molecule has 2 rings (SSSR count). The van der Waals surface area contributed by atoms with Gasteiger partial charge >= 0.3 is 0 Å². The van der Waals surface area contributed by atoms with Crippen molar-refractivity contribution in [1.29, 1.82) is 5.26 Å². The van der Waals surface area contributed by atoms with E-state index in [-0.39, 0.29) is 0 Å². The summed E-state index contributed by atoms with van der Waals surface area (Å²) in [4.78, 5) is 28.9. The average Bonchev–Trinajstić information content (AvgIpc) is 2.64. The van der Waals surface area contributed by atoms with Gasteiger partial charge in [0.15, 0.2) is 0 Å². The molecule has 0 N–H and O–H groups in total. The Morgan fingerprint density at radius 2 is 1.73 bits per heavy atom. The van der Waals surface area contributed by atoms with E-state index >= 15 is 0 Å². The van der Waals surface area contributed by atoms with Crippen molar-refractivity contribution < 1.29 is 9.59 Å². The van der Waals surface area contributed by atoms with Gasteiger partial charge in [-0.15, -0.1) is 0 Å². The molecule has 0 atom stereocenters. The van der Waals surface area contributed by atoms with Gasteiger partial charge in [-0.1, -0.05) is 42.0 Å². The second-order valence-corrected chi connectivity index (χ2v) is 6.54. The SMILES string of the molecule is Cc1ccc(C(=O)C(=O)N(CCN(C)C)Cc2cccc(C#N)c2)cc1. The van der Waals surface area contributed by atoms with Crippen LogP contribution >= 0.6 is 0 Å². The van der Waals surface area contributed by atoms with Crippen molar-refractivity contribution in [3.63, 3.8) is 0 Å². The fourth-order valence-corrected chi connectivity index (χ4v) is 2.50. The summed E-state index contributed by atoms with van der Waals surface area (Å²) in [5.41, 5.74) is 2.79. The van der Waals surface area contributed by atoms with Gasteiger partial charge in [-0.05, 0) is 38.7 Å². The van der Waals surface area contributed by atoms with Gasteiger partial charge in [0.05, 0.1) is 11.6 Å². The van der Waals surface area contributed by atoms with E-state index in [0.717, 1.165) is 11.1 Å². The molecule has 0 spiro atoms. The van der Waals surface area contributed by atoms with Crippen molar-refractivity contribution in [2.24, 2.45) is 0 Å². The van der Waals surface area contributed by atoms with Gasteiger partial charge in [-0.3, -0.25) is 9.59 Å². The first-order valence-electron chi connectivity index (χ1n) is 8.44. The van der Waals surface area contributed by atoms with Crippen LogP contribution in [0.5, 0.6) is 0 Å². The molecule has 0 fully saturated rings. The molecule has 0 unspecified atom stereocenters. The van der Waals surface area contributed by atoms with Crippen LogP contribution in [0.3, 0.4) is 0 Å². The van der Waals surface area contributed by atoms with Crippen molar-refractivity contribution in [3.05, 3.63) is 70.8 Å². The number of Topliss-reactive ketones (excluding diaryl/α,β-unsaturated/α-hetero) is 1. The number of rotatable bonds is 7. The fourth-order valence-electron chi connectivity index (χ4n) is 2.50. The smallest absolute Gasteiger partial charge is 0.295 e. The molecule has 0 radical (unpaired) electrons. The van der Waals surface area contributed by atoms with E-state index in [4.69, 9.17) is 5.26 Å². The number of carbonyl (C=O) groups is 2. The minimum Gasteiger partial charge on any atom is -0.330 e. The number of ketones is 1. The van der Waals surface area contributed by atoms with Gasteiger partial charge in [-0.25, -0.2) is 0 Å². The Hall–Kier alpha value is -2.97. The predicted octanol–water partition coefficient (Wildman–Crippen LogP) is 2.64. The van der Waals surface area contributed by atoms with Crippen LogP contribution in [-0.4, -0.2) is 48.7 Å². The van der Waals surface area contributed by atoms with Crippen LogP contribution in [0.4, 0.5) is 0 Å². The first-order valence-corrected chi connectivity index (χ1v) is 8.44. The minimum absolute atomic E-state index is 0.291. The van der Waals surface area contributed by atoms with E-state index in [1.54, 1.807) is 35.2 Å². The van der Waals surface area contributed by atoms with Crippen molar-refractivity contribution in [2.75, 3.05) is 27.2 Å². The Balaban J connectivity index is 2.22. The highest BCUT2D eigenvalue weighted by atomic mass is 16.2. The van der Waals surface area contributed by atoms with Crippen LogP contribution in [0.2, 0.25) is 0 Å².